The van der Waals surface area contributed by atoms with Gasteiger partial charge < -0.3 is 24.2 Å². The van der Waals surface area contributed by atoms with Crippen molar-refractivity contribution in [2.45, 2.75) is 26.5 Å². The van der Waals surface area contributed by atoms with E-state index in [0.29, 0.717) is 22.9 Å². The predicted octanol–water partition coefficient (Wildman–Crippen LogP) is 0.324. The second-order valence-electron chi connectivity index (χ2n) is 8.60. The van der Waals surface area contributed by atoms with Crippen molar-refractivity contribution in [3.05, 3.63) is 50.7 Å². The lowest BCUT2D eigenvalue weighted by molar-refractivity contribution is 0.0935. The third-order valence-electron chi connectivity index (χ3n) is 6.26. The molecule has 10 heteroatoms. The van der Waals surface area contributed by atoms with Gasteiger partial charge in [-0.15, -0.1) is 0 Å². The summed E-state index contributed by atoms with van der Waals surface area (Å²) in [6, 6.07) is 7.63. The van der Waals surface area contributed by atoms with Crippen LogP contribution in [-0.2, 0) is 20.6 Å². The molecule has 0 unspecified atom stereocenters. The molecule has 1 aromatic carbocycles. The van der Waals surface area contributed by atoms with Crippen molar-refractivity contribution in [1.82, 2.24) is 23.6 Å². The Hall–Kier alpha value is -3.11. The van der Waals surface area contributed by atoms with E-state index >= 15 is 0 Å². The molecule has 1 N–H and O–H groups in total. The average Bonchev–Trinajstić information content (AvgIpc) is 3.19. The molecule has 1 aliphatic heterocycles. The lowest BCUT2D eigenvalue weighted by Gasteiger charge is -2.35. The number of hydrogen-bond acceptors (Lipinski definition) is 7. The lowest BCUT2D eigenvalue weighted by atomic mass is 10.2. The summed E-state index contributed by atoms with van der Waals surface area (Å²) in [5, 5.41) is 10.8. The molecule has 0 spiro atoms. The molecule has 1 aliphatic rings. The fraction of sp³-hybridized carbons (Fsp3) is 0.522. The number of aliphatic hydroxyl groups is 1. The van der Waals surface area contributed by atoms with Crippen LogP contribution in [0.5, 0.6) is 5.75 Å². The van der Waals surface area contributed by atoms with E-state index in [2.05, 4.69) is 16.7 Å². The number of rotatable bonds is 7. The van der Waals surface area contributed by atoms with E-state index in [-0.39, 0.29) is 13.2 Å². The van der Waals surface area contributed by atoms with Crippen LogP contribution in [0.3, 0.4) is 0 Å². The number of ether oxygens (including phenoxy) is 1. The summed E-state index contributed by atoms with van der Waals surface area (Å²) >= 11 is 0. The van der Waals surface area contributed by atoms with Gasteiger partial charge in [-0.1, -0.05) is 19.1 Å². The van der Waals surface area contributed by atoms with Crippen molar-refractivity contribution < 1.29 is 9.84 Å². The molecule has 4 rings (SSSR count). The van der Waals surface area contributed by atoms with Gasteiger partial charge in [0.2, 0.25) is 5.95 Å². The fourth-order valence-corrected chi connectivity index (χ4v) is 4.27. The Bertz CT molecular complexity index is 1250. The number of nitrogens with zero attached hydrogens (tertiary/aromatic N) is 6. The minimum Gasteiger partial charge on any atom is -0.491 e. The van der Waals surface area contributed by atoms with Crippen LogP contribution in [0.2, 0.25) is 0 Å². The van der Waals surface area contributed by atoms with E-state index in [1.165, 1.54) is 11.6 Å². The van der Waals surface area contributed by atoms with Crippen molar-refractivity contribution in [1.29, 1.82) is 0 Å². The van der Waals surface area contributed by atoms with Crippen LogP contribution >= 0.6 is 0 Å². The first kappa shape index (κ1) is 23.1. The van der Waals surface area contributed by atoms with Crippen molar-refractivity contribution in [2.75, 3.05) is 44.2 Å². The number of aliphatic hydroxyl groups excluding tert-OH is 1. The summed E-state index contributed by atoms with van der Waals surface area (Å²) in [6.07, 6.45) is -0.875. The molecule has 1 fully saturated rings. The Morgan fingerprint density at radius 2 is 1.85 bits per heavy atom. The van der Waals surface area contributed by atoms with E-state index in [1.54, 1.807) is 11.6 Å². The Morgan fingerprint density at radius 3 is 2.52 bits per heavy atom. The SMILES string of the molecule is CCN1CCN(c2nc3c(c(=O)n(C)c(=O)n3C)n2C[C@H](O)COc2cccc(C)c2)CC1. The van der Waals surface area contributed by atoms with Crippen LogP contribution in [-0.4, -0.2) is 74.1 Å². The van der Waals surface area contributed by atoms with Gasteiger partial charge >= 0.3 is 5.69 Å². The number of aromatic nitrogens is 4. The quantitative estimate of drug-likeness (QED) is 0.547. The van der Waals surface area contributed by atoms with Gasteiger partial charge in [-0.2, -0.15) is 4.98 Å². The second-order valence-corrected chi connectivity index (χ2v) is 8.60. The second kappa shape index (κ2) is 9.40. The van der Waals surface area contributed by atoms with Crippen molar-refractivity contribution in [3.8, 4) is 5.75 Å². The summed E-state index contributed by atoms with van der Waals surface area (Å²) < 4.78 is 9.98. The molecule has 1 atom stereocenters. The number of anilines is 1. The van der Waals surface area contributed by atoms with E-state index in [1.807, 2.05) is 31.2 Å². The Balaban J connectivity index is 1.68. The molecule has 1 saturated heterocycles. The molecule has 0 saturated carbocycles. The van der Waals surface area contributed by atoms with E-state index in [0.717, 1.165) is 42.9 Å². The maximum absolute atomic E-state index is 13.1. The molecule has 0 amide bonds. The molecule has 178 valence electrons. The third-order valence-corrected chi connectivity index (χ3v) is 6.26. The van der Waals surface area contributed by atoms with Crippen LogP contribution in [0.25, 0.3) is 11.2 Å². The van der Waals surface area contributed by atoms with Crippen molar-refractivity contribution >= 4 is 17.1 Å². The highest BCUT2D eigenvalue weighted by atomic mass is 16.5. The van der Waals surface area contributed by atoms with Crippen LogP contribution in [0.15, 0.2) is 33.9 Å². The van der Waals surface area contributed by atoms with E-state index in [4.69, 9.17) is 9.72 Å². The van der Waals surface area contributed by atoms with E-state index < -0.39 is 17.4 Å². The summed E-state index contributed by atoms with van der Waals surface area (Å²) in [5.74, 6) is 1.27. The highest BCUT2D eigenvalue weighted by Crippen LogP contribution is 2.22. The topological polar surface area (TPSA) is 97.8 Å². The summed E-state index contributed by atoms with van der Waals surface area (Å²) in [6.45, 7) is 8.56. The number of imidazole rings is 1. The van der Waals surface area contributed by atoms with Crippen LogP contribution in [0, 0.1) is 6.92 Å². The maximum Gasteiger partial charge on any atom is 0.332 e. The zero-order chi connectivity index (χ0) is 23.7. The van der Waals surface area contributed by atoms with Crippen LogP contribution < -0.4 is 20.9 Å². The van der Waals surface area contributed by atoms with Crippen LogP contribution in [0.1, 0.15) is 12.5 Å². The first-order valence-corrected chi connectivity index (χ1v) is 11.3. The number of fused-ring (bicyclic) bond motifs is 1. The van der Waals surface area contributed by atoms with E-state index in [9.17, 15) is 14.7 Å². The molecule has 3 heterocycles. The van der Waals surface area contributed by atoms with Gasteiger partial charge in [0.1, 0.15) is 18.5 Å². The Labute approximate surface area is 192 Å². The van der Waals surface area contributed by atoms with Gasteiger partial charge in [-0.05, 0) is 31.2 Å². The van der Waals surface area contributed by atoms with Crippen LogP contribution in [0.4, 0.5) is 5.95 Å². The Kier molecular flexibility index (Phi) is 6.57. The molecule has 3 aromatic rings. The maximum atomic E-state index is 13.1. The zero-order valence-corrected chi connectivity index (χ0v) is 19.7. The smallest absolute Gasteiger partial charge is 0.332 e. The molecular weight excluding hydrogens is 424 g/mol. The van der Waals surface area contributed by atoms with Gasteiger partial charge in [0.25, 0.3) is 5.56 Å². The summed E-state index contributed by atoms with van der Waals surface area (Å²) in [4.78, 5) is 34.7. The number of aryl methyl sites for hydroxylation is 2. The summed E-state index contributed by atoms with van der Waals surface area (Å²) in [5.41, 5.74) is 0.846. The van der Waals surface area contributed by atoms with Gasteiger partial charge in [0, 0.05) is 40.3 Å². The third kappa shape index (κ3) is 4.53. The monoisotopic (exact) mass is 456 g/mol. The van der Waals surface area contributed by atoms with Gasteiger partial charge in [-0.25, -0.2) is 4.79 Å². The normalized spacial score (nSPS) is 15.8. The summed E-state index contributed by atoms with van der Waals surface area (Å²) in [7, 11) is 3.07. The standard InChI is InChI=1S/C23H32N6O4/c1-5-27-9-11-28(12-10-27)22-24-20-19(21(31)26(4)23(32)25(20)3)29(22)14-17(30)15-33-18-8-6-7-16(2)13-18/h6-8,13,17,30H,5,9-12,14-15H2,1-4H3/t17-/m0/s1. The number of benzene rings is 1. The molecule has 2 aromatic heterocycles. The lowest BCUT2D eigenvalue weighted by Crippen LogP contribution is -2.47. The fourth-order valence-electron chi connectivity index (χ4n) is 4.27. The molecule has 0 aliphatic carbocycles. The highest BCUT2D eigenvalue weighted by molar-refractivity contribution is 5.74. The van der Waals surface area contributed by atoms with Crippen molar-refractivity contribution in [3.63, 3.8) is 0 Å². The average molecular weight is 457 g/mol. The zero-order valence-electron chi connectivity index (χ0n) is 19.7. The molecule has 10 nitrogen and oxygen atoms in total. The number of hydrogen-bond donors (Lipinski definition) is 1. The van der Waals surface area contributed by atoms with Gasteiger partial charge in [0.15, 0.2) is 11.2 Å². The molecule has 33 heavy (non-hydrogen) atoms. The number of piperazine rings is 1. The molecule has 0 bridgehead atoms. The van der Waals surface area contributed by atoms with Gasteiger partial charge in [-0.3, -0.25) is 13.9 Å². The predicted molar refractivity (Wildman–Crippen MR) is 127 cm³/mol. The Morgan fingerprint density at radius 1 is 1.12 bits per heavy atom. The van der Waals surface area contributed by atoms with Gasteiger partial charge in [0.05, 0.1) is 6.54 Å². The molecule has 0 radical (unpaired) electrons. The first-order chi connectivity index (χ1) is 15.8. The minimum absolute atomic E-state index is 0.0677. The first-order valence-electron chi connectivity index (χ1n) is 11.3. The van der Waals surface area contributed by atoms with Crippen molar-refractivity contribution in [2.24, 2.45) is 14.1 Å². The largest absolute Gasteiger partial charge is 0.491 e. The minimum atomic E-state index is -0.875. The highest BCUT2D eigenvalue weighted by Gasteiger charge is 2.26. The number of likely N-dealkylation sites (N-methyl/N-ethyl adjacent to an activating group) is 1. The molecular formula is C23H32N6O4.